The number of carbonyl (C=O) groups is 2. The molecule has 140 valence electrons. The summed E-state index contributed by atoms with van der Waals surface area (Å²) < 4.78 is 11.3. The minimum atomic E-state index is -0.432. The van der Waals surface area contributed by atoms with Gasteiger partial charge in [-0.05, 0) is 30.3 Å². The third-order valence-corrected chi connectivity index (χ3v) is 4.54. The van der Waals surface area contributed by atoms with Crippen molar-refractivity contribution in [1.29, 1.82) is 0 Å². The molecule has 27 heavy (non-hydrogen) atoms. The Hall–Kier alpha value is -3.33. The van der Waals surface area contributed by atoms with Crippen molar-refractivity contribution in [2.45, 2.75) is 6.92 Å². The average molecular weight is 386 g/mol. The number of thiazole rings is 1. The van der Waals surface area contributed by atoms with E-state index in [1.54, 1.807) is 37.4 Å². The molecule has 0 bridgehead atoms. The molecule has 0 atom stereocenters. The Morgan fingerprint density at radius 1 is 1.00 bits per heavy atom. The molecule has 0 aliphatic heterocycles. The number of ether oxygens (including phenoxy) is 2. The van der Waals surface area contributed by atoms with E-state index in [1.165, 1.54) is 25.4 Å². The summed E-state index contributed by atoms with van der Waals surface area (Å²) in [6.07, 6.45) is 0. The Morgan fingerprint density at radius 3 is 2.52 bits per heavy atom. The minimum Gasteiger partial charge on any atom is -0.497 e. The molecule has 3 aromatic rings. The highest BCUT2D eigenvalue weighted by molar-refractivity contribution is 7.22. The van der Waals surface area contributed by atoms with Gasteiger partial charge in [0.2, 0.25) is 5.91 Å². The minimum absolute atomic E-state index is 0.181. The molecule has 0 fully saturated rings. The number of urea groups is 1. The zero-order valence-electron chi connectivity index (χ0n) is 15.0. The van der Waals surface area contributed by atoms with Crippen LogP contribution in [0.3, 0.4) is 0 Å². The molecular weight excluding hydrogens is 368 g/mol. The molecule has 0 spiro atoms. The monoisotopic (exact) mass is 386 g/mol. The summed E-state index contributed by atoms with van der Waals surface area (Å²) in [6, 6.07) is 10.0. The fourth-order valence-corrected chi connectivity index (χ4v) is 3.30. The number of aromatic nitrogens is 1. The molecule has 0 saturated carbocycles. The zero-order chi connectivity index (χ0) is 19.4. The molecule has 0 radical (unpaired) electrons. The topological polar surface area (TPSA) is 102 Å². The number of methoxy groups -OCH3 is 2. The van der Waals surface area contributed by atoms with E-state index in [9.17, 15) is 9.59 Å². The Morgan fingerprint density at radius 2 is 1.81 bits per heavy atom. The van der Waals surface area contributed by atoms with Gasteiger partial charge < -0.3 is 25.4 Å². The van der Waals surface area contributed by atoms with Crippen molar-refractivity contribution in [2.24, 2.45) is 0 Å². The number of benzene rings is 2. The van der Waals surface area contributed by atoms with E-state index in [4.69, 9.17) is 9.47 Å². The maximum atomic E-state index is 12.3. The molecular formula is C18H18N4O4S. The van der Waals surface area contributed by atoms with Crippen LogP contribution in [0, 0.1) is 0 Å². The first kappa shape index (κ1) is 18.5. The van der Waals surface area contributed by atoms with Crippen LogP contribution in [0.25, 0.3) is 10.2 Å². The zero-order valence-corrected chi connectivity index (χ0v) is 15.8. The maximum Gasteiger partial charge on any atom is 0.323 e. The highest BCUT2D eigenvalue weighted by Gasteiger charge is 2.11. The molecule has 9 heteroatoms. The Labute approximate surface area is 159 Å². The van der Waals surface area contributed by atoms with Gasteiger partial charge >= 0.3 is 6.03 Å². The normalized spacial score (nSPS) is 10.3. The molecule has 3 amide bonds. The third kappa shape index (κ3) is 4.45. The number of carbonyl (C=O) groups excluding carboxylic acids is 2. The van der Waals surface area contributed by atoms with Crippen molar-refractivity contribution in [2.75, 3.05) is 30.2 Å². The van der Waals surface area contributed by atoms with E-state index in [1.807, 2.05) is 6.07 Å². The molecule has 2 aromatic carbocycles. The average Bonchev–Trinajstić information content (AvgIpc) is 3.02. The van der Waals surface area contributed by atoms with E-state index in [0.29, 0.717) is 33.5 Å². The first-order chi connectivity index (χ1) is 13.0. The lowest BCUT2D eigenvalue weighted by molar-refractivity contribution is -0.114. The summed E-state index contributed by atoms with van der Waals surface area (Å²) in [4.78, 5) is 27.8. The van der Waals surface area contributed by atoms with Gasteiger partial charge in [-0.3, -0.25) is 4.79 Å². The second kappa shape index (κ2) is 7.92. The number of amides is 3. The Bertz CT molecular complexity index is 1000. The van der Waals surface area contributed by atoms with Crippen LogP contribution < -0.4 is 25.4 Å². The van der Waals surface area contributed by atoms with Crippen LogP contribution in [0.5, 0.6) is 11.5 Å². The largest absolute Gasteiger partial charge is 0.497 e. The summed E-state index contributed by atoms with van der Waals surface area (Å²) >= 11 is 1.36. The first-order valence-corrected chi connectivity index (χ1v) is 8.78. The quantitative estimate of drug-likeness (QED) is 0.617. The van der Waals surface area contributed by atoms with Crippen molar-refractivity contribution in [3.8, 4) is 11.5 Å². The van der Waals surface area contributed by atoms with E-state index < -0.39 is 6.03 Å². The van der Waals surface area contributed by atoms with Gasteiger partial charge in [-0.25, -0.2) is 9.78 Å². The number of nitrogens with zero attached hydrogens (tertiary/aromatic N) is 1. The van der Waals surface area contributed by atoms with Crippen molar-refractivity contribution in [3.05, 3.63) is 36.4 Å². The predicted octanol–water partition coefficient (Wildman–Crippen LogP) is 3.92. The summed E-state index contributed by atoms with van der Waals surface area (Å²) in [6.45, 7) is 1.43. The summed E-state index contributed by atoms with van der Waals surface area (Å²) in [7, 11) is 3.07. The number of hydrogen-bond acceptors (Lipinski definition) is 6. The van der Waals surface area contributed by atoms with Gasteiger partial charge in [0.15, 0.2) is 5.13 Å². The van der Waals surface area contributed by atoms with Crippen molar-refractivity contribution >= 4 is 50.0 Å². The number of nitrogens with one attached hydrogen (secondary N) is 3. The van der Waals surface area contributed by atoms with Crippen LogP contribution in [0.2, 0.25) is 0 Å². The van der Waals surface area contributed by atoms with Gasteiger partial charge in [-0.1, -0.05) is 11.3 Å². The molecule has 3 rings (SSSR count). The van der Waals surface area contributed by atoms with Crippen LogP contribution in [-0.2, 0) is 4.79 Å². The number of anilines is 3. The smallest absolute Gasteiger partial charge is 0.323 e. The van der Waals surface area contributed by atoms with Gasteiger partial charge in [0.05, 0.1) is 30.1 Å². The van der Waals surface area contributed by atoms with E-state index in [-0.39, 0.29) is 5.91 Å². The Kier molecular flexibility index (Phi) is 5.41. The second-order valence-corrected chi connectivity index (χ2v) is 6.56. The molecule has 1 aromatic heterocycles. The predicted molar refractivity (Wildman–Crippen MR) is 106 cm³/mol. The lowest BCUT2D eigenvalue weighted by atomic mass is 10.2. The van der Waals surface area contributed by atoms with Crippen LogP contribution in [0.1, 0.15) is 6.92 Å². The molecule has 0 aliphatic rings. The second-order valence-electron chi connectivity index (χ2n) is 5.53. The Balaban J connectivity index is 1.75. The summed E-state index contributed by atoms with van der Waals surface area (Å²) in [5.74, 6) is 0.931. The van der Waals surface area contributed by atoms with Gasteiger partial charge in [-0.15, -0.1) is 0 Å². The first-order valence-electron chi connectivity index (χ1n) is 7.96. The van der Waals surface area contributed by atoms with Crippen molar-refractivity contribution in [3.63, 3.8) is 0 Å². The standard InChI is InChI=1S/C18H18N4O4S/c1-10(23)19-18-22-14-8-11(4-7-16(14)27-18)20-17(24)21-13-9-12(25-2)5-6-15(13)26-3/h4-9H,1-3H3,(H,19,22,23)(H2,20,21,24). The van der Waals surface area contributed by atoms with Gasteiger partial charge in [0.1, 0.15) is 11.5 Å². The molecule has 0 unspecified atom stereocenters. The van der Waals surface area contributed by atoms with Gasteiger partial charge in [0, 0.05) is 18.7 Å². The number of rotatable bonds is 5. The van der Waals surface area contributed by atoms with Crippen molar-refractivity contribution in [1.82, 2.24) is 4.98 Å². The number of fused-ring (bicyclic) bond motifs is 1. The molecule has 0 saturated heterocycles. The molecule has 0 aliphatic carbocycles. The van der Waals surface area contributed by atoms with Crippen LogP contribution in [-0.4, -0.2) is 31.1 Å². The number of hydrogen-bond donors (Lipinski definition) is 3. The maximum absolute atomic E-state index is 12.3. The van der Waals surface area contributed by atoms with Gasteiger partial charge in [0.25, 0.3) is 0 Å². The highest BCUT2D eigenvalue weighted by Crippen LogP contribution is 2.30. The summed E-state index contributed by atoms with van der Waals surface area (Å²) in [5, 5.41) is 8.65. The molecule has 1 heterocycles. The summed E-state index contributed by atoms with van der Waals surface area (Å²) in [5.41, 5.74) is 1.74. The third-order valence-electron chi connectivity index (χ3n) is 3.58. The fraction of sp³-hybridized carbons (Fsp3) is 0.167. The molecule has 3 N–H and O–H groups in total. The SMILES string of the molecule is COc1ccc(OC)c(NC(=O)Nc2ccc3sc(NC(C)=O)nc3c2)c1. The lowest BCUT2D eigenvalue weighted by Crippen LogP contribution is -2.19. The van der Waals surface area contributed by atoms with Crippen LogP contribution >= 0.6 is 11.3 Å². The van der Waals surface area contributed by atoms with Crippen LogP contribution in [0.4, 0.5) is 21.3 Å². The molecule has 8 nitrogen and oxygen atoms in total. The van der Waals surface area contributed by atoms with E-state index in [0.717, 1.165) is 4.70 Å². The lowest BCUT2D eigenvalue weighted by Gasteiger charge is -2.12. The van der Waals surface area contributed by atoms with Crippen LogP contribution in [0.15, 0.2) is 36.4 Å². The fourth-order valence-electron chi connectivity index (χ4n) is 2.41. The van der Waals surface area contributed by atoms with Crippen molar-refractivity contribution < 1.29 is 19.1 Å². The van der Waals surface area contributed by atoms with Gasteiger partial charge in [-0.2, -0.15) is 0 Å². The van der Waals surface area contributed by atoms with E-state index in [2.05, 4.69) is 20.9 Å². The van der Waals surface area contributed by atoms with E-state index >= 15 is 0 Å². The highest BCUT2D eigenvalue weighted by atomic mass is 32.1.